The van der Waals surface area contributed by atoms with Crippen molar-refractivity contribution in [3.63, 3.8) is 0 Å². The maximum atomic E-state index is 6.09. The lowest BCUT2D eigenvalue weighted by atomic mass is 9.64. The zero-order chi connectivity index (χ0) is 14.7. The molecule has 1 heterocycles. The largest absolute Gasteiger partial charge is 0.493 e. The highest BCUT2D eigenvalue weighted by Crippen LogP contribution is 2.45. The Morgan fingerprint density at radius 3 is 2.57 bits per heavy atom. The Morgan fingerprint density at radius 1 is 1.24 bits per heavy atom. The molecule has 2 fully saturated rings. The topological polar surface area (TPSA) is 53.7 Å². The summed E-state index contributed by atoms with van der Waals surface area (Å²) in [6.45, 7) is 2.26. The SMILES string of the molecule is COc1cc(C2(CN)CCC2)ccc1OC1CCOCC1. The summed E-state index contributed by atoms with van der Waals surface area (Å²) in [6, 6.07) is 6.31. The molecule has 0 spiro atoms. The second-order valence-electron chi connectivity index (χ2n) is 6.13. The molecule has 21 heavy (non-hydrogen) atoms. The van der Waals surface area contributed by atoms with Crippen LogP contribution in [0.1, 0.15) is 37.7 Å². The first kappa shape index (κ1) is 14.7. The third kappa shape index (κ3) is 2.87. The molecule has 4 heteroatoms. The fourth-order valence-electron chi connectivity index (χ4n) is 3.28. The highest BCUT2D eigenvalue weighted by molar-refractivity contribution is 5.46. The molecule has 0 radical (unpaired) electrons. The van der Waals surface area contributed by atoms with Crippen LogP contribution in [-0.2, 0) is 10.2 Å². The Bertz CT molecular complexity index is 473. The van der Waals surface area contributed by atoms with E-state index < -0.39 is 0 Å². The van der Waals surface area contributed by atoms with Gasteiger partial charge < -0.3 is 19.9 Å². The van der Waals surface area contributed by atoms with Gasteiger partial charge in [0.05, 0.1) is 20.3 Å². The Hall–Kier alpha value is -1.26. The first-order valence-corrected chi connectivity index (χ1v) is 7.90. The van der Waals surface area contributed by atoms with Gasteiger partial charge in [-0.1, -0.05) is 12.5 Å². The van der Waals surface area contributed by atoms with Gasteiger partial charge in [-0.05, 0) is 30.5 Å². The molecule has 0 unspecified atom stereocenters. The first-order valence-electron chi connectivity index (χ1n) is 7.90. The third-order valence-corrected chi connectivity index (χ3v) is 4.94. The van der Waals surface area contributed by atoms with Crippen LogP contribution in [0.3, 0.4) is 0 Å². The van der Waals surface area contributed by atoms with E-state index >= 15 is 0 Å². The fraction of sp³-hybridized carbons (Fsp3) is 0.647. The summed E-state index contributed by atoms with van der Waals surface area (Å²) in [5.74, 6) is 1.65. The normalized spacial score (nSPS) is 21.6. The van der Waals surface area contributed by atoms with Gasteiger partial charge in [-0.15, -0.1) is 0 Å². The van der Waals surface area contributed by atoms with Crippen LogP contribution in [0.25, 0.3) is 0 Å². The van der Waals surface area contributed by atoms with E-state index in [0.29, 0.717) is 6.54 Å². The molecule has 1 aromatic rings. The molecule has 1 saturated carbocycles. The van der Waals surface area contributed by atoms with Gasteiger partial charge in [0.15, 0.2) is 11.5 Å². The van der Waals surface area contributed by atoms with Gasteiger partial charge >= 0.3 is 0 Å². The van der Waals surface area contributed by atoms with Crippen LogP contribution in [0.5, 0.6) is 11.5 Å². The maximum absolute atomic E-state index is 6.09. The average molecular weight is 291 g/mol. The first-order chi connectivity index (χ1) is 10.3. The van der Waals surface area contributed by atoms with Gasteiger partial charge in [0.1, 0.15) is 6.10 Å². The van der Waals surface area contributed by atoms with Crippen molar-refractivity contribution in [2.75, 3.05) is 26.9 Å². The van der Waals surface area contributed by atoms with E-state index in [1.807, 2.05) is 6.07 Å². The lowest BCUT2D eigenvalue weighted by Crippen LogP contribution is -2.41. The van der Waals surface area contributed by atoms with E-state index in [9.17, 15) is 0 Å². The van der Waals surface area contributed by atoms with E-state index in [2.05, 4.69) is 12.1 Å². The standard InChI is InChI=1S/C17H25NO3/c1-19-16-11-13(17(12-18)7-2-8-17)3-4-15(16)21-14-5-9-20-10-6-14/h3-4,11,14H,2,5-10,12,18H2,1H3. The van der Waals surface area contributed by atoms with Gasteiger partial charge in [0.2, 0.25) is 0 Å². The summed E-state index contributed by atoms with van der Waals surface area (Å²) in [6.07, 6.45) is 5.72. The molecule has 1 aliphatic carbocycles. The predicted octanol–water partition coefficient (Wildman–Crippen LogP) is 2.63. The molecule has 3 rings (SSSR count). The molecular weight excluding hydrogens is 266 g/mol. The lowest BCUT2D eigenvalue weighted by molar-refractivity contribution is 0.0245. The molecule has 0 aromatic heterocycles. The summed E-state index contributed by atoms with van der Waals surface area (Å²) in [7, 11) is 1.70. The molecule has 116 valence electrons. The molecule has 1 saturated heterocycles. The van der Waals surface area contributed by atoms with Crippen LogP contribution < -0.4 is 15.2 Å². The summed E-state index contributed by atoms with van der Waals surface area (Å²) in [5, 5.41) is 0. The highest BCUT2D eigenvalue weighted by Gasteiger charge is 2.37. The Balaban J connectivity index is 1.78. The minimum Gasteiger partial charge on any atom is -0.493 e. The van der Waals surface area contributed by atoms with Gasteiger partial charge in [-0.3, -0.25) is 0 Å². The summed E-state index contributed by atoms with van der Waals surface area (Å²) in [4.78, 5) is 0. The quantitative estimate of drug-likeness (QED) is 0.906. The zero-order valence-corrected chi connectivity index (χ0v) is 12.8. The second kappa shape index (κ2) is 6.24. The summed E-state index contributed by atoms with van der Waals surface area (Å²) < 4.78 is 17.0. The number of hydrogen-bond donors (Lipinski definition) is 1. The number of methoxy groups -OCH3 is 1. The molecule has 0 bridgehead atoms. The van der Waals surface area contributed by atoms with E-state index in [0.717, 1.165) is 37.6 Å². The van der Waals surface area contributed by atoms with Crippen LogP contribution in [0.2, 0.25) is 0 Å². The van der Waals surface area contributed by atoms with Crippen LogP contribution in [-0.4, -0.2) is 33.0 Å². The van der Waals surface area contributed by atoms with Crippen molar-refractivity contribution in [2.45, 2.75) is 43.6 Å². The van der Waals surface area contributed by atoms with Crippen molar-refractivity contribution < 1.29 is 14.2 Å². The predicted molar refractivity (Wildman–Crippen MR) is 82.0 cm³/mol. The van der Waals surface area contributed by atoms with Crippen LogP contribution in [0, 0.1) is 0 Å². The van der Waals surface area contributed by atoms with E-state index in [-0.39, 0.29) is 11.5 Å². The number of ether oxygens (including phenoxy) is 3. The maximum Gasteiger partial charge on any atom is 0.161 e. The molecule has 4 nitrogen and oxygen atoms in total. The fourth-order valence-corrected chi connectivity index (χ4v) is 3.28. The van der Waals surface area contributed by atoms with Crippen molar-refractivity contribution in [1.82, 2.24) is 0 Å². The monoisotopic (exact) mass is 291 g/mol. The van der Waals surface area contributed by atoms with E-state index in [1.54, 1.807) is 7.11 Å². The summed E-state index contributed by atoms with van der Waals surface area (Å²) in [5.41, 5.74) is 7.44. The molecular formula is C17H25NO3. The van der Waals surface area contributed by atoms with Crippen LogP contribution >= 0.6 is 0 Å². The molecule has 0 atom stereocenters. The third-order valence-electron chi connectivity index (χ3n) is 4.94. The zero-order valence-electron chi connectivity index (χ0n) is 12.8. The Labute approximate surface area is 126 Å². The highest BCUT2D eigenvalue weighted by atomic mass is 16.5. The van der Waals surface area contributed by atoms with Crippen molar-refractivity contribution in [3.8, 4) is 11.5 Å². The van der Waals surface area contributed by atoms with Crippen LogP contribution in [0.4, 0.5) is 0 Å². The second-order valence-corrected chi connectivity index (χ2v) is 6.13. The van der Waals surface area contributed by atoms with Gasteiger partial charge in [-0.2, -0.15) is 0 Å². The van der Waals surface area contributed by atoms with E-state index in [1.165, 1.54) is 24.8 Å². The molecule has 1 aliphatic heterocycles. The number of hydrogen-bond acceptors (Lipinski definition) is 4. The molecule has 2 N–H and O–H groups in total. The van der Waals surface area contributed by atoms with Crippen molar-refractivity contribution in [2.24, 2.45) is 5.73 Å². The summed E-state index contributed by atoms with van der Waals surface area (Å²) >= 11 is 0. The Morgan fingerprint density at radius 2 is 2.00 bits per heavy atom. The van der Waals surface area contributed by atoms with Crippen molar-refractivity contribution in [3.05, 3.63) is 23.8 Å². The smallest absolute Gasteiger partial charge is 0.161 e. The van der Waals surface area contributed by atoms with Crippen molar-refractivity contribution in [1.29, 1.82) is 0 Å². The van der Waals surface area contributed by atoms with Gasteiger partial charge in [0, 0.05) is 24.8 Å². The molecule has 0 amide bonds. The Kier molecular flexibility index (Phi) is 4.36. The number of benzene rings is 1. The minimum atomic E-state index is 0.157. The van der Waals surface area contributed by atoms with Gasteiger partial charge in [0.25, 0.3) is 0 Å². The average Bonchev–Trinajstić information content (AvgIpc) is 2.49. The van der Waals surface area contributed by atoms with Crippen molar-refractivity contribution >= 4 is 0 Å². The number of nitrogens with two attached hydrogens (primary N) is 1. The number of rotatable bonds is 5. The molecule has 2 aliphatic rings. The van der Waals surface area contributed by atoms with E-state index in [4.69, 9.17) is 19.9 Å². The van der Waals surface area contributed by atoms with Crippen LogP contribution in [0.15, 0.2) is 18.2 Å². The van der Waals surface area contributed by atoms with Gasteiger partial charge in [-0.25, -0.2) is 0 Å². The minimum absolute atomic E-state index is 0.157. The molecule has 1 aromatic carbocycles. The lowest BCUT2D eigenvalue weighted by Gasteiger charge is -2.41.